The van der Waals surface area contributed by atoms with E-state index < -0.39 is 16.0 Å². The molecule has 9 heteroatoms. The lowest BCUT2D eigenvalue weighted by molar-refractivity contribution is 0.0428. The first kappa shape index (κ1) is 20.5. The van der Waals surface area contributed by atoms with Crippen molar-refractivity contribution in [1.29, 1.82) is 0 Å². The highest BCUT2D eigenvalue weighted by atomic mass is 32.2. The van der Waals surface area contributed by atoms with Crippen LogP contribution >= 0.6 is 0 Å². The highest BCUT2D eigenvalue weighted by Gasteiger charge is 2.31. The Morgan fingerprint density at radius 1 is 1.36 bits per heavy atom. The van der Waals surface area contributed by atoms with Crippen LogP contribution in [0.25, 0.3) is 0 Å². The van der Waals surface area contributed by atoms with Gasteiger partial charge >= 0.3 is 5.97 Å². The van der Waals surface area contributed by atoms with Gasteiger partial charge in [0, 0.05) is 19.0 Å². The van der Waals surface area contributed by atoms with Crippen molar-refractivity contribution in [3.63, 3.8) is 0 Å². The Bertz CT molecular complexity index is 954. The average molecular weight is 407 g/mol. The molecule has 1 saturated heterocycles. The minimum Gasteiger partial charge on any atom is -0.452 e. The van der Waals surface area contributed by atoms with Gasteiger partial charge in [-0.05, 0) is 44.4 Å². The first-order chi connectivity index (χ1) is 13.3. The number of nitrogens with zero attached hydrogens (tertiary/aromatic N) is 3. The van der Waals surface area contributed by atoms with Crippen LogP contribution in [0, 0.1) is 6.92 Å². The van der Waals surface area contributed by atoms with Crippen LogP contribution < -0.4 is 0 Å². The molecule has 2 aromatic rings. The molecule has 1 aromatic heterocycles. The molecule has 0 N–H and O–H groups in total. The summed E-state index contributed by atoms with van der Waals surface area (Å²) in [6.45, 7) is 5.87. The van der Waals surface area contributed by atoms with Gasteiger partial charge in [0.25, 0.3) is 5.89 Å². The molecule has 2 heterocycles. The Morgan fingerprint density at radius 2 is 2.14 bits per heavy atom. The zero-order valence-electron chi connectivity index (χ0n) is 16.3. The number of benzene rings is 1. The van der Waals surface area contributed by atoms with Crippen LogP contribution in [0.2, 0.25) is 0 Å². The molecule has 1 unspecified atom stereocenters. The van der Waals surface area contributed by atoms with E-state index in [2.05, 4.69) is 10.1 Å². The van der Waals surface area contributed by atoms with E-state index in [0.717, 1.165) is 19.3 Å². The van der Waals surface area contributed by atoms with Gasteiger partial charge in [-0.15, -0.1) is 0 Å². The maximum absolute atomic E-state index is 13.0. The summed E-state index contributed by atoms with van der Waals surface area (Å²) >= 11 is 0. The smallest absolute Gasteiger partial charge is 0.338 e. The van der Waals surface area contributed by atoms with E-state index >= 15 is 0 Å². The van der Waals surface area contributed by atoms with Crippen molar-refractivity contribution in [2.45, 2.75) is 64.0 Å². The molecule has 0 amide bonds. The molecular formula is C19H25N3O5S. The molecule has 1 atom stereocenters. The van der Waals surface area contributed by atoms with E-state index in [0.29, 0.717) is 24.4 Å². The third kappa shape index (κ3) is 4.25. The summed E-state index contributed by atoms with van der Waals surface area (Å²) < 4.78 is 37.8. The van der Waals surface area contributed by atoms with Crippen LogP contribution in [0.4, 0.5) is 0 Å². The fourth-order valence-corrected chi connectivity index (χ4v) is 4.97. The number of carbonyl (C=O) groups excluding carboxylic acids is 1. The van der Waals surface area contributed by atoms with Gasteiger partial charge < -0.3 is 9.26 Å². The number of aryl methyl sites for hydroxylation is 2. The van der Waals surface area contributed by atoms with Gasteiger partial charge in [-0.2, -0.15) is 9.29 Å². The summed E-state index contributed by atoms with van der Waals surface area (Å²) in [5.41, 5.74) is 0.844. The standard InChI is InChI=1S/C19H25N3O5S/c1-4-17-20-18(27-21-17)12-26-19(23)16-11-15(9-8-13(16)2)28(24,25)22-10-6-5-7-14(22)3/h8-9,11,14H,4-7,10,12H2,1-3H3. The number of esters is 1. The largest absolute Gasteiger partial charge is 0.452 e. The second kappa shape index (κ2) is 8.40. The maximum atomic E-state index is 13.0. The molecule has 1 aliphatic heterocycles. The Labute approximate surface area is 164 Å². The molecule has 1 aliphatic rings. The lowest BCUT2D eigenvalue weighted by Crippen LogP contribution is -2.41. The molecule has 0 aliphatic carbocycles. The number of piperidine rings is 1. The molecule has 3 rings (SSSR count). The SMILES string of the molecule is CCc1noc(COC(=O)c2cc(S(=O)(=O)N3CCCCC3C)ccc2C)n1. The highest BCUT2D eigenvalue weighted by Crippen LogP contribution is 2.26. The topological polar surface area (TPSA) is 103 Å². The van der Waals surface area contributed by atoms with E-state index in [1.807, 2.05) is 13.8 Å². The number of ether oxygens (including phenoxy) is 1. The van der Waals surface area contributed by atoms with Crippen molar-refractivity contribution in [2.75, 3.05) is 6.54 Å². The van der Waals surface area contributed by atoms with Crippen molar-refractivity contribution in [3.05, 3.63) is 41.0 Å². The van der Waals surface area contributed by atoms with Gasteiger partial charge in [0.05, 0.1) is 10.5 Å². The first-order valence-corrected chi connectivity index (χ1v) is 10.9. The number of hydrogen-bond acceptors (Lipinski definition) is 7. The minimum atomic E-state index is -3.67. The van der Waals surface area contributed by atoms with Crippen molar-refractivity contribution in [2.24, 2.45) is 0 Å². The van der Waals surface area contributed by atoms with Gasteiger partial charge in [0.1, 0.15) is 0 Å². The van der Waals surface area contributed by atoms with Gasteiger partial charge in [-0.25, -0.2) is 13.2 Å². The van der Waals surface area contributed by atoms with Gasteiger partial charge in [-0.3, -0.25) is 0 Å². The number of carbonyl (C=O) groups is 1. The minimum absolute atomic E-state index is 0.0549. The molecule has 0 bridgehead atoms. The van der Waals surface area contributed by atoms with Gasteiger partial charge in [0.15, 0.2) is 12.4 Å². The Hall–Kier alpha value is -2.26. The first-order valence-electron chi connectivity index (χ1n) is 9.44. The average Bonchev–Trinajstić information content (AvgIpc) is 3.14. The highest BCUT2D eigenvalue weighted by molar-refractivity contribution is 7.89. The van der Waals surface area contributed by atoms with Crippen molar-refractivity contribution in [1.82, 2.24) is 14.4 Å². The lowest BCUT2D eigenvalue weighted by Gasteiger charge is -2.32. The van der Waals surface area contributed by atoms with Crippen molar-refractivity contribution < 1.29 is 22.5 Å². The zero-order chi connectivity index (χ0) is 20.3. The molecule has 152 valence electrons. The van der Waals surface area contributed by atoms with Crippen molar-refractivity contribution >= 4 is 16.0 Å². The quantitative estimate of drug-likeness (QED) is 0.678. The van der Waals surface area contributed by atoms with Gasteiger partial charge in [0.2, 0.25) is 10.0 Å². The van der Waals surface area contributed by atoms with Crippen LogP contribution in [-0.2, 0) is 27.8 Å². The molecule has 1 aromatic carbocycles. The van der Waals surface area contributed by atoms with E-state index in [4.69, 9.17) is 9.26 Å². The maximum Gasteiger partial charge on any atom is 0.338 e. The number of rotatable bonds is 6. The molecule has 1 fully saturated rings. The number of sulfonamides is 1. The molecule has 0 spiro atoms. The second-order valence-electron chi connectivity index (χ2n) is 6.97. The summed E-state index contributed by atoms with van der Waals surface area (Å²) in [6, 6.07) is 4.49. The van der Waals surface area contributed by atoms with E-state index in [9.17, 15) is 13.2 Å². The van der Waals surface area contributed by atoms with Crippen LogP contribution in [0.1, 0.15) is 60.7 Å². The van der Waals surface area contributed by atoms with Crippen molar-refractivity contribution in [3.8, 4) is 0 Å². The summed E-state index contributed by atoms with van der Waals surface area (Å²) in [5, 5.41) is 3.75. The predicted molar refractivity (Wildman–Crippen MR) is 101 cm³/mol. The Morgan fingerprint density at radius 3 is 2.82 bits per heavy atom. The van der Waals surface area contributed by atoms with Crippen LogP contribution in [0.3, 0.4) is 0 Å². The van der Waals surface area contributed by atoms with Crippen LogP contribution in [-0.4, -0.2) is 41.4 Å². The normalized spacial score (nSPS) is 18.2. The van der Waals surface area contributed by atoms with Crippen LogP contribution in [0.5, 0.6) is 0 Å². The Balaban J connectivity index is 1.79. The van der Waals surface area contributed by atoms with E-state index in [1.54, 1.807) is 13.0 Å². The summed E-state index contributed by atoms with van der Waals surface area (Å²) in [4.78, 5) is 16.7. The number of aromatic nitrogens is 2. The van der Waals surface area contributed by atoms with E-state index in [1.165, 1.54) is 16.4 Å². The number of hydrogen-bond donors (Lipinski definition) is 0. The fourth-order valence-electron chi connectivity index (χ4n) is 3.24. The Kier molecular flexibility index (Phi) is 6.14. The molecular weight excluding hydrogens is 382 g/mol. The molecule has 28 heavy (non-hydrogen) atoms. The van der Waals surface area contributed by atoms with Crippen LogP contribution in [0.15, 0.2) is 27.6 Å². The molecule has 8 nitrogen and oxygen atoms in total. The predicted octanol–water partition coefficient (Wildman–Crippen LogP) is 2.86. The fraction of sp³-hybridized carbons (Fsp3) is 0.526. The third-order valence-electron chi connectivity index (χ3n) is 4.93. The monoisotopic (exact) mass is 407 g/mol. The van der Waals surface area contributed by atoms with E-state index in [-0.39, 0.29) is 29.0 Å². The second-order valence-corrected chi connectivity index (χ2v) is 8.86. The summed E-state index contributed by atoms with van der Waals surface area (Å²) in [5.74, 6) is 0.109. The van der Waals surface area contributed by atoms with Gasteiger partial charge in [-0.1, -0.05) is 24.6 Å². The summed E-state index contributed by atoms with van der Waals surface area (Å²) in [6.07, 6.45) is 3.32. The zero-order valence-corrected chi connectivity index (χ0v) is 17.2. The molecule has 0 radical (unpaired) electrons. The lowest BCUT2D eigenvalue weighted by atomic mass is 10.1. The molecule has 0 saturated carbocycles. The summed E-state index contributed by atoms with van der Waals surface area (Å²) in [7, 11) is -3.67. The third-order valence-corrected chi connectivity index (χ3v) is 6.94.